The summed E-state index contributed by atoms with van der Waals surface area (Å²) in [5.74, 6) is 1.52. The van der Waals surface area contributed by atoms with Gasteiger partial charge in [-0.2, -0.15) is 5.10 Å². The molecule has 0 aliphatic carbocycles. The minimum absolute atomic E-state index is 0.113. The van der Waals surface area contributed by atoms with Crippen LogP contribution < -0.4 is 10.6 Å². The standard InChI is InChI=1S/C16H24N6O2S/c1-4-6-13(23)17-7-9-22-15-12(11-19-22)14(18-8-10-24-3)20-16(21-15)25-5-2/h4,6,11H,5,7-10H2,1-3H3,(H,17,23)(H,18,20,21). The van der Waals surface area contributed by atoms with E-state index in [0.29, 0.717) is 31.4 Å². The molecule has 0 aliphatic heterocycles. The number of ether oxygens (including phenoxy) is 1. The first kappa shape index (κ1) is 19.2. The molecule has 0 unspecified atom stereocenters. The number of nitrogens with zero attached hydrogens (tertiary/aromatic N) is 4. The lowest BCUT2D eigenvalue weighted by molar-refractivity contribution is -0.116. The summed E-state index contributed by atoms with van der Waals surface area (Å²) in [5, 5.41) is 12.0. The van der Waals surface area contributed by atoms with Gasteiger partial charge in [-0.25, -0.2) is 14.6 Å². The van der Waals surface area contributed by atoms with Crippen molar-refractivity contribution >= 4 is 34.5 Å². The molecule has 25 heavy (non-hydrogen) atoms. The highest BCUT2D eigenvalue weighted by Gasteiger charge is 2.13. The molecular formula is C16H24N6O2S. The Morgan fingerprint density at radius 2 is 2.24 bits per heavy atom. The summed E-state index contributed by atoms with van der Waals surface area (Å²) in [6.07, 6.45) is 4.95. The van der Waals surface area contributed by atoms with Crippen LogP contribution in [-0.4, -0.2) is 58.2 Å². The van der Waals surface area contributed by atoms with Gasteiger partial charge in [0.05, 0.1) is 24.7 Å². The van der Waals surface area contributed by atoms with E-state index in [1.165, 1.54) is 6.08 Å². The van der Waals surface area contributed by atoms with Crippen molar-refractivity contribution in [1.82, 2.24) is 25.1 Å². The van der Waals surface area contributed by atoms with Gasteiger partial charge in [-0.3, -0.25) is 4.79 Å². The Balaban J connectivity index is 2.19. The van der Waals surface area contributed by atoms with E-state index in [1.807, 2.05) is 6.92 Å². The maximum atomic E-state index is 11.5. The Bertz CT molecular complexity index is 731. The van der Waals surface area contributed by atoms with Crippen LogP contribution in [0.5, 0.6) is 0 Å². The number of amides is 1. The van der Waals surface area contributed by atoms with E-state index < -0.39 is 0 Å². The average molecular weight is 364 g/mol. The van der Waals surface area contributed by atoms with Gasteiger partial charge < -0.3 is 15.4 Å². The lowest BCUT2D eigenvalue weighted by atomic mass is 10.4. The molecule has 0 aromatic carbocycles. The fourth-order valence-electron chi connectivity index (χ4n) is 2.19. The van der Waals surface area contributed by atoms with Crippen molar-refractivity contribution in [2.45, 2.75) is 25.5 Å². The zero-order chi connectivity index (χ0) is 18.1. The molecule has 0 saturated carbocycles. The molecule has 9 heteroatoms. The molecule has 0 spiro atoms. The number of rotatable bonds is 10. The van der Waals surface area contributed by atoms with Gasteiger partial charge in [-0.15, -0.1) is 0 Å². The predicted octanol–water partition coefficient (Wildman–Crippen LogP) is 1.69. The number of methoxy groups -OCH3 is 1. The normalized spacial score (nSPS) is 11.3. The van der Waals surface area contributed by atoms with Crippen LogP contribution in [0.3, 0.4) is 0 Å². The number of nitrogens with one attached hydrogen (secondary N) is 2. The first-order valence-electron chi connectivity index (χ1n) is 8.19. The van der Waals surface area contributed by atoms with Gasteiger partial charge in [-0.05, 0) is 18.8 Å². The quantitative estimate of drug-likeness (QED) is 0.287. The molecule has 8 nitrogen and oxygen atoms in total. The zero-order valence-electron chi connectivity index (χ0n) is 14.8. The summed E-state index contributed by atoms with van der Waals surface area (Å²) >= 11 is 1.58. The SMILES string of the molecule is CC=CC(=O)NCCn1ncc2c(NCCOC)nc(SCC)nc21. The Morgan fingerprint density at radius 3 is 2.96 bits per heavy atom. The van der Waals surface area contributed by atoms with Crippen molar-refractivity contribution in [1.29, 1.82) is 0 Å². The van der Waals surface area contributed by atoms with Gasteiger partial charge in [0.25, 0.3) is 0 Å². The highest BCUT2D eigenvalue weighted by molar-refractivity contribution is 7.99. The van der Waals surface area contributed by atoms with Crippen LogP contribution in [-0.2, 0) is 16.1 Å². The first-order chi connectivity index (χ1) is 12.2. The molecule has 0 saturated heterocycles. The smallest absolute Gasteiger partial charge is 0.243 e. The van der Waals surface area contributed by atoms with E-state index >= 15 is 0 Å². The first-order valence-corrected chi connectivity index (χ1v) is 9.17. The fourth-order valence-corrected chi connectivity index (χ4v) is 2.76. The number of hydrogen-bond acceptors (Lipinski definition) is 7. The number of fused-ring (bicyclic) bond motifs is 1. The number of thioether (sulfide) groups is 1. The van der Waals surface area contributed by atoms with Crippen LogP contribution in [0.2, 0.25) is 0 Å². The maximum absolute atomic E-state index is 11.5. The molecule has 0 atom stereocenters. The fraction of sp³-hybridized carbons (Fsp3) is 0.500. The van der Waals surface area contributed by atoms with Gasteiger partial charge in [0, 0.05) is 20.2 Å². The molecule has 136 valence electrons. The molecule has 0 fully saturated rings. The van der Waals surface area contributed by atoms with Gasteiger partial charge >= 0.3 is 0 Å². The lowest BCUT2D eigenvalue weighted by Gasteiger charge is -2.09. The largest absolute Gasteiger partial charge is 0.383 e. The molecule has 2 aromatic heterocycles. The van der Waals surface area contributed by atoms with Crippen LogP contribution in [0.4, 0.5) is 5.82 Å². The Hall–Kier alpha value is -2.13. The van der Waals surface area contributed by atoms with Crippen molar-refractivity contribution < 1.29 is 9.53 Å². The second kappa shape index (κ2) is 10.00. The Morgan fingerprint density at radius 1 is 1.40 bits per heavy atom. The maximum Gasteiger partial charge on any atom is 0.243 e. The van der Waals surface area contributed by atoms with E-state index in [4.69, 9.17) is 4.74 Å². The Labute approximate surface area is 151 Å². The minimum Gasteiger partial charge on any atom is -0.383 e. The summed E-state index contributed by atoms with van der Waals surface area (Å²) in [7, 11) is 1.66. The number of anilines is 1. The Kier molecular flexibility index (Phi) is 7.68. The second-order valence-corrected chi connectivity index (χ2v) is 6.33. The molecule has 2 rings (SSSR count). The van der Waals surface area contributed by atoms with Crippen molar-refractivity contribution in [2.24, 2.45) is 0 Å². The highest BCUT2D eigenvalue weighted by atomic mass is 32.2. The van der Waals surface area contributed by atoms with Crippen molar-refractivity contribution in [3.63, 3.8) is 0 Å². The van der Waals surface area contributed by atoms with E-state index in [9.17, 15) is 4.79 Å². The topological polar surface area (TPSA) is 94.0 Å². The molecule has 0 radical (unpaired) electrons. The minimum atomic E-state index is -0.113. The molecule has 0 aliphatic rings. The third-order valence-electron chi connectivity index (χ3n) is 3.29. The second-order valence-electron chi connectivity index (χ2n) is 5.10. The van der Waals surface area contributed by atoms with Crippen LogP contribution >= 0.6 is 11.8 Å². The number of hydrogen-bond donors (Lipinski definition) is 2. The summed E-state index contributed by atoms with van der Waals surface area (Å²) in [6.45, 7) is 6.13. The number of allylic oxidation sites excluding steroid dienone is 1. The number of aromatic nitrogens is 4. The summed E-state index contributed by atoms with van der Waals surface area (Å²) in [5.41, 5.74) is 0.756. The molecule has 0 bridgehead atoms. The third kappa shape index (κ3) is 5.43. The molecule has 2 heterocycles. The number of carbonyl (C=O) groups excluding carboxylic acids is 1. The van der Waals surface area contributed by atoms with Gasteiger partial charge in [0.2, 0.25) is 5.91 Å². The van der Waals surface area contributed by atoms with Crippen molar-refractivity contribution in [3.05, 3.63) is 18.3 Å². The van der Waals surface area contributed by atoms with Gasteiger partial charge in [-0.1, -0.05) is 24.8 Å². The van der Waals surface area contributed by atoms with Crippen molar-refractivity contribution in [3.8, 4) is 0 Å². The molecular weight excluding hydrogens is 340 g/mol. The summed E-state index contributed by atoms with van der Waals surface area (Å²) in [6, 6.07) is 0. The predicted molar refractivity (Wildman–Crippen MR) is 99.9 cm³/mol. The summed E-state index contributed by atoms with van der Waals surface area (Å²) < 4.78 is 6.86. The number of carbonyl (C=O) groups is 1. The highest BCUT2D eigenvalue weighted by Crippen LogP contribution is 2.24. The van der Waals surface area contributed by atoms with E-state index in [-0.39, 0.29) is 5.91 Å². The summed E-state index contributed by atoms with van der Waals surface area (Å²) in [4.78, 5) is 20.7. The monoisotopic (exact) mass is 364 g/mol. The van der Waals surface area contributed by atoms with E-state index in [2.05, 4.69) is 32.6 Å². The van der Waals surface area contributed by atoms with Crippen LogP contribution in [0.25, 0.3) is 11.0 Å². The van der Waals surface area contributed by atoms with Gasteiger partial charge in [0.15, 0.2) is 10.8 Å². The lowest BCUT2D eigenvalue weighted by Crippen LogP contribution is -2.25. The van der Waals surface area contributed by atoms with Crippen LogP contribution in [0, 0.1) is 0 Å². The van der Waals surface area contributed by atoms with Crippen molar-refractivity contribution in [2.75, 3.05) is 37.9 Å². The van der Waals surface area contributed by atoms with Crippen LogP contribution in [0.1, 0.15) is 13.8 Å². The molecule has 2 aromatic rings. The van der Waals surface area contributed by atoms with Crippen LogP contribution in [0.15, 0.2) is 23.5 Å². The third-order valence-corrected chi connectivity index (χ3v) is 4.02. The van der Waals surface area contributed by atoms with Gasteiger partial charge in [0.1, 0.15) is 5.82 Å². The molecule has 2 N–H and O–H groups in total. The molecule has 1 amide bonds. The van der Waals surface area contributed by atoms with E-state index in [0.717, 1.165) is 22.6 Å². The van der Waals surface area contributed by atoms with E-state index in [1.54, 1.807) is 35.8 Å². The average Bonchev–Trinajstić information content (AvgIpc) is 2.99. The zero-order valence-corrected chi connectivity index (χ0v) is 15.6.